The third-order valence-corrected chi connectivity index (χ3v) is 1.39. The molecule has 0 bridgehead atoms. The van der Waals surface area contributed by atoms with E-state index in [9.17, 15) is 0 Å². The number of hydrogen-bond donors (Lipinski definition) is 1. The van der Waals surface area contributed by atoms with Crippen LogP contribution in [0.4, 0.5) is 0 Å². The average molecular weight is 140 g/mol. The van der Waals surface area contributed by atoms with Crippen molar-refractivity contribution in [3.63, 3.8) is 0 Å². The fraction of sp³-hybridized carbons (Fsp3) is 0. The van der Waals surface area contributed by atoms with E-state index in [1.165, 1.54) is 0 Å². The Morgan fingerprint density at radius 2 is 2.11 bits per heavy atom. The molecule has 1 nitrogen and oxygen atoms in total. The van der Waals surface area contributed by atoms with Gasteiger partial charge in [-0.3, -0.25) is 0 Å². The van der Waals surface area contributed by atoms with Crippen LogP contribution in [0, 0.1) is 0 Å². The van der Waals surface area contributed by atoms with Crippen LogP contribution in [0.5, 0.6) is 5.75 Å². The van der Waals surface area contributed by atoms with Crippen molar-refractivity contribution < 1.29 is 5.11 Å². The van der Waals surface area contributed by atoms with E-state index in [2.05, 4.69) is 0 Å². The molecule has 0 saturated carbocycles. The molecule has 0 fully saturated rings. The monoisotopic (exact) mass is 140 g/mol. The maximum Gasteiger partial charge on any atom is 0.144 e. The molecule has 0 aliphatic carbocycles. The molecule has 0 atom stereocenters. The van der Waals surface area contributed by atoms with Gasteiger partial charge in [-0.05, 0) is 23.7 Å². The first kappa shape index (κ1) is 6.49. The van der Waals surface area contributed by atoms with Crippen molar-refractivity contribution in [1.82, 2.24) is 0 Å². The van der Waals surface area contributed by atoms with E-state index < -0.39 is 0 Å². The molecule has 0 saturated heterocycles. The van der Waals surface area contributed by atoms with Gasteiger partial charge in [-0.25, -0.2) is 0 Å². The van der Waals surface area contributed by atoms with Crippen molar-refractivity contribution in [2.45, 2.75) is 0 Å². The SMILES string of the molecule is Bc1cc(Cl)ccc1O. The van der Waals surface area contributed by atoms with Gasteiger partial charge in [0.05, 0.1) is 0 Å². The van der Waals surface area contributed by atoms with Crippen LogP contribution in [0.2, 0.25) is 5.02 Å². The van der Waals surface area contributed by atoms with Gasteiger partial charge in [0.2, 0.25) is 0 Å². The standard InChI is InChI=1S/C6H6BClO/c7-5-3-4(8)1-2-6(5)9/h1-3,9H,7H2. The summed E-state index contributed by atoms with van der Waals surface area (Å²) in [6.45, 7) is 0. The highest BCUT2D eigenvalue weighted by molar-refractivity contribution is 6.37. The molecular formula is C6H6BClO. The second kappa shape index (κ2) is 2.32. The van der Waals surface area contributed by atoms with Gasteiger partial charge in [0.1, 0.15) is 13.6 Å². The summed E-state index contributed by atoms with van der Waals surface area (Å²) >= 11 is 5.61. The smallest absolute Gasteiger partial charge is 0.144 e. The predicted octanol–water partition coefficient (Wildman–Crippen LogP) is 0.304. The minimum Gasteiger partial charge on any atom is -0.509 e. The maximum absolute atomic E-state index is 8.99. The molecule has 1 aromatic carbocycles. The number of benzene rings is 1. The summed E-state index contributed by atoms with van der Waals surface area (Å²) in [7, 11) is 1.81. The molecule has 3 heteroatoms. The fourth-order valence-electron chi connectivity index (χ4n) is 0.619. The highest BCUT2D eigenvalue weighted by Crippen LogP contribution is 2.10. The summed E-state index contributed by atoms with van der Waals surface area (Å²) in [5, 5.41) is 9.64. The lowest BCUT2D eigenvalue weighted by molar-refractivity contribution is 0.479. The predicted molar refractivity (Wildman–Crippen MR) is 41.3 cm³/mol. The topological polar surface area (TPSA) is 20.2 Å². The van der Waals surface area contributed by atoms with Crippen molar-refractivity contribution in [3.8, 4) is 5.75 Å². The minimum absolute atomic E-state index is 0.291. The van der Waals surface area contributed by atoms with Gasteiger partial charge in [0, 0.05) is 5.02 Å². The van der Waals surface area contributed by atoms with Crippen LogP contribution in [0.1, 0.15) is 0 Å². The van der Waals surface area contributed by atoms with Crippen LogP contribution in [-0.2, 0) is 0 Å². The van der Waals surface area contributed by atoms with Crippen molar-refractivity contribution in [3.05, 3.63) is 23.2 Å². The first-order valence-corrected chi connectivity index (χ1v) is 3.03. The third-order valence-electron chi connectivity index (χ3n) is 1.16. The molecule has 0 radical (unpaired) electrons. The van der Waals surface area contributed by atoms with Gasteiger partial charge < -0.3 is 5.11 Å². The van der Waals surface area contributed by atoms with E-state index in [0.29, 0.717) is 10.8 Å². The molecule has 1 aromatic rings. The first-order valence-electron chi connectivity index (χ1n) is 2.65. The Morgan fingerprint density at radius 3 is 2.56 bits per heavy atom. The fourth-order valence-corrected chi connectivity index (χ4v) is 0.846. The molecule has 0 aliphatic heterocycles. The van der Waals surface area contributed by atoms with Gasteiger partial charge >= 0.3 is 0 Å². The molecule has 0 aliphatic rings. The minimum atomic E-state index is 0.291. The summed E-state index contributed by atoms with van der Waals surface area (Å²) in [5.74, 6) is 0.291. The zero-order valence-corrected chi connectivity index (χ0v) is 5.81. The Hall–Kier alpha value is -0.625. The van der Waals surface area contributed by atoms with Gasteiger partial charge in [0.15, 0.2) is 0 Å². The van der Waals surface area contributed by atoms with E-state index in [4.69, 9.17) is 16.7 Å². The van der Waals surface area contributed by atoms with Crippen LogP contribution in [0.3, 0.4) is 0 Å². The molecule has 0 amide bonds. The second-order valence-corrected chi connectivity index (χ2v) is 2.37. The Balaban J connectivity index is 3.17. The largest absolute Gasteiger partial charge is 0.509 e. The van der Waals surface area contributed by atoms with Crippen molar-refractivity contribution in [2.75, 3.05) is 0 Å². The second-order valence-electron chi connectivity index (χ2n) is 1.93. The third kappa shape index (κ3) is 1.39. The summed E-state index contributed by atoms with van der Waals surface area (Å²) in [5.41, 5.74) is 0.808. The summed E-state index contributed by atoms with van der Waals surface area (Å²) in [6, 6.07) is 4.96. The molecule has 9 heavy (non-hydrogen) atoms. The number of aromatic hydroxyl groups is 1. The number of phenols is 1. The molecule has 0 heterocycles. The highest BCUT2D eigenvalue weighted by atomic mass is 35.5. The Bertz CT molecular complexity index is 224. The van der Waals surface area contributed by atoms with Gasteiger partial charge in [-0.2, -0.15) is 0 Å². The number of phenolic OH excluding ortho intramolecular Hbond substituents is 1. The van der Waals surface area contributed by atoms with Crippen molar-refractivity contribution >= 4 is 24.9 Å². The Morgan fingerprint density at radius 1 is 1.44 bits per heavy atom. The van der Waals surface area contributed by atoms with Crippen LogP contribution in [-0.4, -0.2) is 13.0 Å². The van der Waals surface area contributed by atoms with Crippen LogP contribution in [0.25, 0.3) is 0 Å². The molecule has 1 rings (SSSR count). The number of hydrogen-bond acceptors (Lipinski definition) is 1. The normalized spacial score (nSPS) is 9.44. The lowest BCUT2D eigenvalue weighted by Crippen LogP contribution is -2.00. The van der Waals surface area contributed by atoms with Gasteiger partial charge in [-0.15, -0.1) is 0 Å². The number of halogens is 1. The zero-order valence-electron chi connectivity index (χ0n) is 5.06. The number of rotatable bonds is 0. The molecule has 46 valence electrons. The maximum atomic E-state index is 8.99. The van der Waals surface area contributed by atoms with Gasteiger partial charge in [0.25, 0.3) is 0 Å². The first-order chi connectivity index (χ1) is 4.20. The van der Waals surface area contributed by atoms with E-state index in [-0.39, 0.29) is 0 Å². The Kier molecular flexibility index (Phi) is 1.67. The molecular weight excluding hydrogens is 134 g/mol. The van der Waals surface area contributed by atoms with Crippen molar-refractivity contribution in [1.29, 1.82) is 0 Å². The van der Waals surface area contributed by atoms with Gasteiger partial charge in [-0.1, -0.05) is 11.6 Å². The molecule has 0 aromatic heterocycles. The van der Waals surface area contributed by atoms with Crippen LogP contribution in [0.15, 0.2) is 18.2 Å². The van der Waals surface area contributed by atoms with Crippen LogP contribution >= 0.6 is 11.6 Å². The molecule has 0 spiro atoms. The lowest BCUT2D eigenvalue weighted by atomic mass is 9.95. The molecule has 1 N–H and O–H groups in total. The highest BCUT2D eigenvalue weighted by Gasteiger charge is 1.93. The van der Waals surface area contributed by atoms with Crippen molar-refractivity contribution in [2.24, 2.45) is 0 Å². The van der Waals surface area contributed by atoms with E-state index in [1.807, 2.05) is 0 Å². The van der Waals surface area contributed by atoms with E-state index in [0.717, 1.165) is 5.46 Å². The van der Waals surface area contributed by atoms with E-state index >= 15 is 0 Å². The summed E-state index contributed by atoms with van der Waals surface area (Å²) in [6.07, 6.45) is 0. The van der Waals surface area contributed by atoms with Crippen LogP contribution < -0.4 is 5.46 Å². The quantitative estimate of drug-likeness (QED) is 0.514. The lowest BCUT2D eigenvalue weighted by Gasteiger charge is -1.95. The average Bonchev–Trinajstić information content (AvgIpc) is 1.80. The zero-order chi connectivity index (χ0) is 6.85. The molecule has 0 unspecified atom stereocenters. The Labute approximate surface area is 59.7 Å². The van der Waals surface area contributed by atoms with E-state index in [1.54, 1.807) is 26.0 Å². The summed E-state index contributed by atoms with van der Waals surface area (Å²) < 4.78 is 0. The summed E-state index contributed by atoms with van der Waals surface area (Å²) in [4.78, 5) is 0.